The lowest BCUT2D eigenvalue weighted by molar-refractivity contribution is -0.0553. The van der Waals surface area contributed by atoms with Gasteiger partial charge in [0.1, 0.15) is 5.60 Å². The molecule has 2 atom stereocenters. The minimum absolute atomic E-state index is 0.00542. The van der Waals surface area contributed by atoms with Gasteiger partial charge >= 0.3 is 0 Å². The van der Waals surface area contributed by atoms with Gasteiger partial charge in [0, 0.05) is 5.92 Å². The minimum atomic E-state index is 0.00542. The summed E-state index contributed by atoms with van der Waals surface area (Å²) in [6.07, 6.45) is 4.79. The first kappa shape index (κ1) is 10.8. The van der Waals surface area contributed by atoms with Crippen LogP contribution in [0.15, 0.2) is 23.0 Å². The lowest BCUT2D eigenvalue weighted by Crippen LogP contribution is -2.44. The van der Waals surface area contributed by atoms with E-state index in [1.54, 1.807) is 5.57 Å². The second-order valence-corrected chi connectivity index (χ2v) is 5.65. The predicted octanol–water partition coefficient (Wildman–Crippen LogP) is 4.06. The lowest BCUT2D eigenvalue weighted by atomic mass is 9.67. The summed E-state index contributed by atoms with van der Waals surface area (Å²) in [6, 6.07) is 0. The van der Waals surface area contributed by atoms with E-state index in [1.165, 1.54) is 18.4 Å². The van der Waals surface area contributed by atoms with Crippen molar-refractivity contribution in [2.75, 3.05) is 0 Å². The van der Waals surface area contributed by atoms with Gasteiger partial charge in [-0.25, -0.2) is 0 Å². The van der Waals surface area contributed by atoms with E-state index < -0.39 is 0 Å². The smallest absolute Gasteiger partial charge is 0.107 e. The molecule has 0 N–H and O–H groups in total. The van der Waals surface area contributed by atoms with Crippen molar-refractivity contribution in [1.82, 2.24) is 0 Å². The van der Waals surface area contributed by atoms with Crippen molar-refractivity contribution in [3.8, 4) is 0 Å². The van der Waals surface area contributed by atoms with Gasteiger partial charge in [-0.15, -0.1) is 0 Å². The summed E-state index contributed by atoms with van der Waals surface area (Å²) in [6.45, 7) is 11.1. The van der Waals surface area contributed by atoms with Crippen LogP contribution in [0, 0.1) is 11.8 Å². The molecule has 0 fully saturated rings. The minimum Gasteiger partial charge on any atom is -0.492 e. The average molecular weight is 206 g/mol. The maximum absolute atomic E-state index is 6.04. The first-order valence-electron chi connectivity index (χ1n) is 5.94. The molecule has 0 aromatic rings. The molecule has 2 aliphatic rings. The van der Waals surface area contributed by atoms with E-state index in [-0.39, 0.29) is 5.60 Å². The first-order chi connectivity index (χ1) is 6.92. The van der Waals surface area contributed by atoms with Crippen LogP contribution in [0.3, 0.4) is 0 Å². The summed E-state index contributed by atoms with van der Waals surface area (Å²) in [5.74, 6) is 2.51. The fraction of sp³-hybridized carbons (Fsp3) is 0.714. The van der Waals surface area contributed by atoms with Crippen LogP contribution in [0.4, 0.5) is 0 Å². The van der Waals surface area contributed by atoms with E-state index in [4.69, 9.17) is 4.74 Å². The maximum Gasteiger partial charge on any atom is 0.107 e. The van der Waals surface area contributed by atoms with E-state index in [9.17, 15) is 0 Å². The van der Waals surface area contributed by atoms with E-state index in [0.29, 0.717) is 11.8 Å². The topological polar surface area (TPSA) is 9.23 Å². The zero-order valence-corrected chi connectivity index (χ0v) is 10.6. The number of fused-ring (bicyclic) bond motifs is 1. The quantitative estimate of drug-likeness (QED) is 0.543. The molecule has 0 bridgehead atoms. The van der Waals surface area contributed by atoms with Crippen molar-refractivity contribution in [2.45, 2.75) is 53.1 Å². The van der Waals surface area contributed by atoms with E-state index in [2.05, 4.69) is 40.7 Å². The standard InChI is InChI=1S/C14H22O/c1-9-6-7-13-12(8-9)10(2)11(3)15-14(13,4)5/h6,12-13H,7-8H2,1-5H3. The van der Waals surface area contributed by atoms with Gasteiger partial charge in [0.15, 0.2) is 0 Å². The molecule has 1 aliphatic heterocycles. The number of hydrogen-bond donors (Lipinski definition) is 0. The van der Waals surface area contributed by atoms with Gasteiger partial charge in [0.25, 0.3) is 0 Å². The van der Waals surface area contributed by atoms with Gasteiger partial charge in [0.05, 0.1) is 5.76 Å². The highest BCUT2D eigenvalue weighted by Gasteiger charge is 2.43. The fourth-order valence-corrected chi connectivity index (χ4v) is 3.10. The SMILES string of the molecule is CC1=CCC2C(C1)C(C)=C(C)OC2(C)C. The molecule has 0 saturated carbocycles. The monoisotopic (exact) mass is 206 g/mol. The lowest BCUT2D eigenvalue weighted by Gasteiger charge is -2.46. The highest BCUT2D eigenvalue weighted by molar-refractivity contribution is 5.22. The van der Waals surface area contributed by atoms with Gasteiger partial charge in [-0.2, -0.15) is 0 Å². The Morgan fingerprint density at radius 3 is 2.60 bits per heavy atom. The summed E-state index contributed by atoms with van der Waals surface area (Å²) in [4.78, 5) is 0. The number of allylic oxidation sites excluding steroid dienone is 4. The molecule has 1 aliphatic carbocycles. The van der Waals surface area contributed by atoms with Crippen LogP contribution in [0.5, 0.6) is 0 Å². The molecule has 0 aromatic carbocycles. The van der Waals surface area contributed by atoms with E-state index in [0.717, 1.165) is 5.76 Å². The molecule has 0 saturated heterocycles. The Balaban J connectivity index is 2.38. The van der Waals surface area contributed by atoms with Crippen LogP contribution in [0.2, 0.25) is 0 Å². The van der Waals surface area contributed by atoms with E-state index in [1.807, 2.05) is 0 Å². The van der Waals surface area contributed by atoms with Crippen LogP contribution >= 0.6 is 0 Å². The Hall–Kier alpha value is -0.720. The van der Waals surface area contributed by atoms with Gasteiger partial charge in [-0.1, -0.05) is 11.6 Å². The molecule has 2 unspecified atom stereocenters. The Labute approximate surface area is 93.2 Å². The molecule has 1 heterocycles. The van der Waals surface area contributed by atoms with Crippen LogP contribution < -0.4 is 0 Å². The molecule has 0 radical (unpaired) electrons. The summed E-state index contributed by atoms with van der Waals surface area (Å²) in [5.41, 5.74) is 3.01. The van der Waals surface area contributed by atoms with Crippen molar-refractivity contribution in [3.63, 3.8) is 0 Å². The fourth-order valence-electron chi connectivity index (χ4n) is 3.10. The van der Waals surface area contributed by atoms with Gasteiger partial charge in [-0.3, -0.25) is 0 Å². The molecule has 2 rings (SSSR count). The largest absolute Gasteiger partial charge is 0.492 e. The molecule has 1 nitrogen and oxygen atoms in total. The number of rotatable bonds is 0. The Kier molecular flexibility index (Phi) is 2.44. The second-order valence-electron chi connectivity index (χ2n) is 5.65. The third-order valence-electron chi connectivity index (χ3n) is 4.17. The van der Waals surface area contributed by atoms with Crippen molar-refractivity contribution in [3.05, 3.63) is 23.0 Å². The zero-order valence-electron chi connectivity index (χ0n) is 10.6. The molecular weight excluding hydrogens is 184 g/mol. The summed E-state index contributed by atoms with van der Waals surface area (Å²) in [7, 11) is 0. The van der Waals surface area contributed by atoms with Crippen LogP contribution in [0.1, 0.15) is 47.5 Å². The molecular formula is C14H22O. The normalized spacial score (nSPS) is 34.3. The van der Waals surface area contributed by atoms with Crippen LogP contribution in [-0.2, 0) is 4.74 Å². The first-order valence-corrected chi connectivity index (χ1v) is 5.94. The highest BCUT2D eigenvalue weighted by Crippen LogP contribution is 2.47. The predicted molar refractivity (Wildman–Crippen MR) is 63.5 cm³/mol. The molecule has 84 valence electrons. The van der Waals surface area contributed by atoms with Crippen molar-refractivity contribution >= 4 is 0 Å². The molecule has 1 heteroatoms. The highest BCUT2D eigenvalue weighted by atomic mass is 16.5. The van der Waals surface area contributed by atoms with Crippen molar-refractivity contribution in [1.29, 1.82) is 0 Å². The third kappa shape index (κ3) is 1.73. The second kappa shape index (κ2) is 3.40. The third-order valence-corrected chi connectivity index (χ3v) is 4.17. The molecule has 15 heavy (non-hydrogen) atoms. The number of ether oxygens (including phenoxy) is 1. The number of hydrogen-bond acceptors (Lipinski definition) is 1. The van der Waals surface area contributed by atoms with Gasteiger partial charge in [-0.05, 0) is 59.0 Å². The summed E-state index contributed by atoms with van der Waals surface area (Å²) >= 11 is 0. The average Bonchev–Trinajstić information content (AvgIpc) is 2.13. The summed E-state index contributed by atoms with van der Waals surface area (Å²) < 4.78 is 6.04. The van der Waals surface area contributed by atoms with Crippen molar-refractivity contribution < 1.29 is 4.74 Å². The van der Waals surface area contributed by atoms with E-state index >= 15 is 0 Å². The van der Waals surface area contributed by atoms with Gasteiger partial charge < -0.3 is 4.74 Å². The maximum atomic E-state index is 6.04. The van der Waals surface area contributed by atoms with Crippen LogP contribution in [0.25, 0.3) is 0 Å². The van der Waals surface area contributed by atoms with Crippen molar-refractivity contribution in [2.24, 2.45) is 11.8 Å². The Bertz CT molecular complexity index is 333. The van der Waals surface area contributed by atoms with Crippen LogP contribution in [-0.4, -0.2) is 5.60 Å². The zero-order chi connectivity index (χ0) is 11.2. The molecule has 0 aromatic heterocycles. The Morgan fingerprint density at radius 1 is 1.27 bits per heavy atom. The molecule has 0 spiro atoms. The molecule has 0 amide bonds. The summed E-state index contributed by atoms with van der Waals surface area (Å²) in [5, 5.41) is 0. The van der Waals surface area contributed by atoms with Gasteiger partial charge in [0.2, 0.25) is 0 Å². The Morgan fingerprint density at radius 2 is 1.93 bits per heavy atom.